The monoisotopic (exact) mass is 515 g/mol. The molecule has 1 N–H and O–H groups in total. The molecule has 0 bridgehead atoms. The van der Waals surface area contributed by atoms with Crippen molar-refractivity contribution < 1.29 is 28.7 Å². The van der Waals surface area contributed by atoms with Crippen molar-refractivity contribution in [1.82, 2.24) is 4.90 Å². The van der Waals surface area contributed by atoms with Gasteiger partial charge >= 0.3 is 0 Å². The van der Waals surface area contributed by atoms with Crippen LogP contribution in [-0.4, -0.2) is 55.2 Å². The summed E-state index contributed by atoms with van der Waals surface area (Å²) < 4.78 is 10.6. The highest BCUT2D eigenvalue weighted by molar-refractivity contribution is 6.52. The Morgan fingerprint density at radius 3 is 2.39 bits per heavy atom. The number of Topliss-reactive ketones (excluding diaryl/α,β-unsaturated/α-hetero) is 1. The van der Waals surface area contributed by atoms with Crippen molar-refractivity contribution in [2.75, 3.05) is 31.0 Å². The number of carbonyl (C=O) groups excluding carboxylic acids is 4. The fourth-order valence-electron chi connectivity index (χ4n) is 4.32. The van der Waals surface area contributed by atoms with E-state index in [9.17, 15) is 19.2 Å². The summed E-state index contributed by atoms with van der Waals surface area (Å²) in [5.74, 6) is -1.38. The van der Waals surface area contributed by atoms with Crippen LogP contribution >= 0.6 is 0 Å². The van der Waals surface area contributed by atoms with Crippen LogP contribution in [0.15, 0.2) is 66.7 Å². The van der Waals surface area contributed by atoms with Gasteiger partial charge in [0.05, 0.1) is 31.2 Å². The quantitative estimate of drug-likeness (QED) is 0.437. The lowest BCUT2D eigenvalue weighted by Crippen LogP contribution is -2.49. The number of hydrogen-bond donors (Lipinski definition) is 1. The SMILES string of the molecule is COc1ccc(NC(=O)[C@H](C)N(Cc2ccccc2C)C(=O)CN2C(=O)C(=O)c3ccccc32)c(OC)c1. The molecular weight excluding hydrogens is 486 g/mol. The third-order valence-corrected chi connectivity index (χ3v) is 6.61. The van der Waals surface area contributed by atoms with Crippen molar-refractivity contribution in [2.24, 2.45) is 0 Å². The van der Waals surface area contributed by atoms with Crippen molar-refractivity contribution >= 4 is 34.9 Å². The Hall–Kier alpha value is -4.66. The molecule has 0 unspecified atom stereocenters. The number of anilines is 2. The van der Waals surface area contributed by atoms with Crippen molar-refractivity contribution in [1.29, 1.82) is 0 Å². The molecule has 0 spiro atoms. The van der Waals surface area contributed by atoms with Gasteiger partial charge in [-0.2, -0.15) is 0 Å². The lowest BCUT2D eigenvalue weighted by Gasteiger charge is -2.31. The van der Waals surface area contributed by atoms with Gasteiger partial charge in [0.2, 0.25) is 11.8 Å². The molecule has 4 rings (SSSR count). The first-order valence-electron chi connectivity index (χ1n) is 12.1. The molecular formula is C29H29N3O6. The fourth-order valence-corrected chi connectivity index (χ4v) is 4.32. The number of ether oxygens (including phenoxy) is 2. The predicted molar refractivity (Wildman–Crippen MR) is 142 cm³/mol. The lowest BCUT2D eigenvalue weighted by atomic mass is 10.1. The van der Waals surface area contributed by atoms with Gasteiger partial charge in [-0.05, 0) is 49.2 Å². The van der Waals surface area contributed by atoms with Gasteiger partial charge in [0, 0.05) is 12.6 Å². The van der Waals surface area contributed by atoms with Gasteiger partial charge in [0.15, 0.2) is 0 Å². The molecule has 1 aliphatic heterocycles. The summed E-state index contributed by atoms with van der Waals surface area (Å²) in [6.07, 6.45) is 0. The Labute approximate surface area is 220 Å². The van der Waals surface area contributed by atoms with Crippen LogP contribution in [-0.2, 0) is 20.9 Å². The number of para-hydroxylation sites is 1. The van der Waals surface area contributed by atoms with Crippen molar-refractivity contribution in [3.8, 4) is 11.5 Å². The van der Waals surface area contributed by atoms with Crippen LogP contribution in [0, 0.1) is 6.92 Å². The van der Waals surface area contributed by atoms with Gasteiger partial charge in [-0.1, -0.05) is 36.4 Å². The van der Waals surface area contributed by atoms with Crippen LogP contribution in [0.3, 0.4) is 0 Å². The number of nitrogens with one attached hydrogen (secondary N) is 1. The third kappa shape index (κ3) is 5.22. The van der Waals surface area contributed by atoms with Crippen LogP contribution in [0.25, 0.3) is 0 Å². The second kappa shape index (κ2) is 11.2. The zero-order chi connectivity index (χ0) is 27.4. The molecule has 9 heteroatoms. The van der Waals surface area contributed by atoms with Crippen LogP contribution in [0.2, 0.25) is 0 Å². The molecule has 3 aromatic rings. The number of benzene rings is 3. The average molecular weight is 516 g/mol. The molecule has 3 aromatic carbocycles. The Morgan fingerprint density at radius 2 is 1.68 bits per heavy atom. The number of fused-ring (bicyclic) bond motifs is 1. The minimum absolute atomic E-state index is 0.136. The van der Waals surface area contributed by atoms with Gasteiger partial charge in [-0.25, -0.2) is 0 Å². The summed E-state index contributed by atoms with van der Waals surface area (Å²) in [7, 11) is 3.01. The van der Waals surface area contributed by atoms with Gasteiger partial charge in [-0.15, -0.1) is 0 Å². The summed E-state index contributed by atoms with van der Waals surface area (Å²) in [5.41, 5.74) is 2.86. The van der Waals surface area contributed by atoms with Crippen molar-refractivity contribution in [3.05, 3.63) is 83.4 Å². The first-order chi connectivity index (χ1) is 18.2. The van der Waals surface area contributed by atoms with E-state index in [1.54, 1.807) is 49.4 Å². The van der Waals surface area contributed by atoms with Crippen molar-refractivity contribution in [3.63, 3.8) is 0 Å². The maximum atomic E-state index is 13.7. The highest BCUT2D eigenvalue weighted by Gasteiger charge is 2.38. The van der Waals surface area contributed by atoms with E-state index in [4.69, 9.17) is 9.47 Å². The molecule has 1 heterocycles. The molecule has 0 fully saturated rings. The molecule has 0 aromatic heterocycles. The van der Waals surface area contributed by atoms with E-state index in [0.29, 0.717) is 22.9 Å². The molecule has 0 aliphatic carbocycles. The first kappa shape index (κ1) is 26.4. The number of carbonyl (C=O) groups is 4. The summed E-state index contributed by atoms with van der Waals surface area (Å²) in [6, 6.07) is 18.2. The number of rotatable bonds is 9. The van der Waals surface area contributed by atoms with Gasteiger partial charge in [0.1, 0.15) is 24.1 Å². The highest BCUT2D eigenvalue weighted by Crippen LogP contribution is 2.30. The summed E-state index contributed by atoms with van der Waals surface area (Å²) >= 11 is 0. The maximum absolute atomic E-state index is 13.7. The predicted octanol–water partition coefficient (Wildman–Crippen LogP) is 3.60. The van der Waals surface area contributed by atoms with E-state index in [2.05, 4.69) is 5.32 Å². The van der Waals surface area contributed by atoms with Gasteiger partial charge in [0.25, 0.3) is 11.7 Å². The number of hydrogen-bond acceptors (Lipinski definition) is 6. The van der Waals surface area contributed by atoms with Crippen LogP contribution < -0.4 is 19.7 Å². The van der Waals surface area contributed by atoms with E-state index in [-0.39, 0.29) is 18.7 Å². The third-order valence-electron chi connectivity index (χ3n) is 6.61. The molecule has 1 atom stereocenters. The Morgan fingerprint density at radius 1 is 0.974 bits per heavy atom. The Balaban J connectivity index is 1.61. The molecule has 38 heavy (non-hydrogen) atoms. The summed E-state index contributed by atoms with van der Waals surface area (Å²) in [5, 5.41) is 2.83. The molecule has 0 radical (unpaired) electrons. The van der Waals surface area contributed by atoms with Crippen LogP contribution in [0.5, 0.6) is 11.5 Å². The van der Waals surface area contributed by atoms with E-state index in [1.807, 2.05) is 31.2 Å². The largest absolute Gasteiger partial charge is 0.497 e. The summed E-state index contributed by atoms with van der Waals surface area (Å²) in [4.78, 5) is 54.8. The first-order valence-corrected chi connectivity index (χ1v) is 12.1. The molecule has 0 saturated carbocycles. The standard InChI is InChI=1S/C29H29N3O6/c1-18-9-5-6-10-20(18)16-31(19(2)28(35)30-23-14-13-21(37-3)15-25(23)38-4)26(33)17-32-24-12-8-7-11-22(24)27(34)29(32)36/h5-15,19H,16-17H2,1-4H3,(H,30,35)/t19-/m0/s1. The normalized spacial score (nSPS) is 13.1. The van der Waals surface area contributed by atoms with E-state index < -0.39 is 29.5 Å². The minimum Gasteiger partial charge on any atom is -0.497 e. The van der Waals surface area contributed by atoms with E-state index in [1.165, 1.54) is 24.0 Å². The topological polar surface area (TPSA) is 105 Å². The second-order valence-corrected chi connectivity index (χ2v) is 8.92. The van der Waals surface area contributed by atoms with Gasteiger partial charge in [-0.3, -0.25) is 24.1 Å². The second-order valence-electron chi connectivity index (χ2n) is 8.92. The molecule has 1 aliphatic rings. The number of aryl methyl sites for hydroxylation is 1. The fraction of sp³-hybridized carbons (Fsp3) is 0.241. The molecule has 0 saturated heterocycles. The number of nitrogens with zero attached hydrogens (tertiary/aromatic N) is 2. The Bertz CT molecular complexity index is 1400. The average Bonchev–Trinajstić information content (AvgIpc) is 3.17. The summed E-state index contributed by atoms with van der Waals surface area (Å²) in [6.45, 7) is 3.30. The number of amides is 3. The zero-order valence-corrected chi connectivity index (χ0v) is 21.7. The maximum Gasteiger partial charge on any atom is 0.299 e. The molecule has 3 amide bonds. The lowest BCUT2D eigenvalue weighted by molar-refractivity contribution is -0.138. The smallest absolute Gasteiger partial charge is 0.299 e. The van der Waals surface area contributed by atoms with E-state index >= 15 is 0 Å². The van der Waals surface area contributed by atoms with E-state index in [0.717, 1.165) is 11.1 Å². The van der Waals surface area contributed by atoms with Crippen LogP contribution in [0.1, 0.15) is 28.4 Å². The zero-order valence-electron chi connectivity index (χ0n) is 21.7. The van der Waals surface area contributed by atoms with Crippen molar-refractivity contribution in [2.45, 2.75) is 26.4 Å². The Kier molecular flexibility index (Phi) is 7.76. The number of ketones is 1. The highest BCUT2D eigenvalue weighted by atomic mass is 16.5. The van der Waals surface area contributed by atoms with Crippen LogP contribution in [0.4, 0.5) is 11.4 Å². The van der Waals surface area contributed by atoms with Gasteiger partial charge < -0.3 is 19.7 Å². The molecule has 196 valence electrons. The molecule has 9 nitrogen and oxygen atoms in total. The minimum atomic E-state index is -0.919. The number of methoxy groups -OCH3 is 2.